The van der Waals surface area contributed by atoms with Gasteiger partial charge in [0.05, 0.1) is 4.90 Å². The van der Waals surface area contributed by atoms with Gasteiger partial charge in [0.15, 0.2) is 0 Å². The van der Waals surface area contributed by atoms with Gasteiger partial charge in [-0.25, -0.2) is 8.42 Å². The second kappa shape index (κ2) is 8.44. The van der Waals surface area contributed by atoms with Crippen molar-refractivity contribution in [1.29, 1.82) is 0 Å². The van der Waals surface area contributed by atoms with E-state index < -0.39 is 16.1 Å². The zero-order valence-electron chi connectivity index (χ0n) is 14.9. The zero-order chi connectivity index (χ0) is 18.4. The van der Waals surface area contributed by atoms with E-state index in [1.54, 1.807) is 36.2 Å². The Hall–Kier alpha value is -1.93. The minimum atomic E-state index is -3.60. The van der Waals surface area contributed by atoms with Gasteiger partial charge in [0, 0.05) is 25.7 Å². The van der Waals surface area contributed by atoms with Crippen LogP contribution in [0.15, 0.2) is 34.2 Å². The molecule has 0 fully saturated rings. The fourth-order valence-corrected chi connectivity index (χ4v) is 3.91. The molecular weight excluding hydrogens is 340 g/mol. The predicted molar refractivity (Wildman–Crippen MR) is 98.2 cm³/mol. The molecule has 0 saturated heterocycles. The van der Waals surface area contributed by atoms with Crippen LogP contribution in [-0.2, 0) is 14.8 Å². The summed E-state index contributed by atoms with van der Waals surface area (Å²) in [4.78, 5) is 19.1. The first-order valence-corrected chi connectivity index (χ1v) is 9.98. The van der Waals surface area contributed by atoms with E-state index in [9.17, 15) is 13.2 Å². The number of carbonyl (C=O) groups is 1. The maximum atomic E-state index is 12.7. The Morgan fingerprint density at radius 3 is 2.76 bits per heavy atom. The topological polar surface area (TPSA) is 90.9 Å². The third-order valence-corrected chi connectivity index (χ3v) is 5.53. The standard InChI is InChI=1S/C17H26N4O3S/c1-4-5-9-14(17(22)21(3)12-11-18-2)19-16-13-8-6-7-10-15(13)25(23,24)20-16/h6-8,10,14,18H,4-5,9,11-12H2,1-3H3,(H,19,20). The number of nitrogens with zero attached hydrogens (tertiary/aromatic N) is 2. The predicted octanol–water partition coefficient (Wildman–Crippen LogP) is 0.962. The van der Waals surface area contributed by atoms with Crippen LogP contribution < -0.4 is 10.0 Å². The second-order valence-electron chi connectivity index (χ2n) is 6.10. The number of nitrogens with one attached hydrogen (secondary N) is 2. The monoisotopic (exact) mass is 366 g/mol. The number of carbonyl (C=O) groups excluding carboxylic acids is 1. The first kappa shape index (κ1) is 19.4. The number of hydrogen-bond acceptors (Lipinski definition) is 5. The largest absolute Gasteiger partial charge is 0.343 e. The quantitative estimate of drug-likeness (QED) is 0.717. The van der Waals surface area contributed by atoms with E-state index in [0.29, 0.717) is 25.1 Å². The lowest BCUT2D eigenvalue weighted by molar-refractivity contribution is -0.131. The molecule has 1 aliphatic rings. The van der Waals surface area contributed by atoms with E-state index in [4.69, 9.17) is 0 Å². The SMILES string of the molecule is CCCCC(N=C1NS(=O)(=O)c2ccccc21)C(=O)N(C)CCNC. The molecule has 1 amide bonds. The summed E-state index contributed by atoms with van der Waals surface area (Å²) in [5, 5.41) is 3.01. The van der Waals surface area contributed by atoms with Gasteiger partial charge in [-0.05, 0) is 25.6 Å². The van der Waals surface area contributed by atoms with Crippen LogP contribution in [0, 0.1) is 0 Å². The average molecular weight is 366 g/mol. The summed E-state index contributed by atoms with van der Waals surface area (Å²) in [6.45, 7) is 3.31. The van der Waals surface area contributed by atoms with Crippen molar-refractivity contribution in [3.05, 3.63) is 29.8 Å². The number of benzene rings is 1. The molecule has 0 saturated carbocycles. The lowest BCUT2D eigenvalue weighted by Crippen LogP contribution is -2.40. The lowest BCUT2D eigenvalue weighted by atomic mass is 10.1. The molecule has 0 aliphatic carbocycles. The molecule has 0 aromatic heterocycles. The summed E-state index contributed by atoms with van der Waals surface area (Å²) < 4.78 is 26.9. The summed E-state index contributed by atoms with van der Waals surface area (Å²) in [6, 6.07) is 6.09. The Bertz CT molecular complexity index is 746. The van der Waals surface area contributed by atoms with Gasteiger partial charge >= 0.3 is 0 Å². The number of likely N-dealkylation sites (N-methyl/N-ethyl adjacent to an activating group) is 2. The van der Waals surface area contributed by atoms with Gasteiger partial charge in [-0.1, -0.05) is 31.9 Å². The van der Waals surface area contributed by atoms with Gasteiger partial charge in [0.1, 0.15) is 11.9 Å². The molecule has 0 radical (unpaired) electrons. The van der Waals surface area contributed by atoms with Crippen LogP contribution in [0.2, 0.25) is 0 Å². The number of rotatable bonds is 8. The number of sulfonamides is 1. The number of amides is 1. The van der Waals surface area contributed by atoms with E-state index in [0.717, 1.165) is 12.8 Å². The molecule has 8 heteroatoms. The van der Waals surface area contributed by atoms with Crippen molar-refractivity contribution < 1.29 is 13.2 Å². The highest BCUT2D eigenvalue weighted by Crippen LogP contribution is 2.23. The molecular formula is C17H26N4O3S. The summed E-state index contributed by atoms with van der Waals surface area (Å²) >= 11 is 0. The number of unbranched alkanes of at least 4 members (excludes halogenated alkanes) is 1. The smallest absolute Gasteiger partial charge is 0.263 e. The van der Waals surface area contributed by atoms with Crippen molar-refractivity contribution in [3.8, 4) is 0 Å². The number of fused-ring (bicyclic) bond motifs is 1. The van der Waals surface area contributed by atoms with Crippen LogP contribution in [0.1, 0.15) is 31.7 Å². The Morgan fingerprint density at radius 1 is 1.36 bits per heavy atom. The highest BCUT2D eigenvalue weighted by Gasteiger charge is 2.32. The van der Waals surface area contributed by atoms with Crippen LogP contribution in [0.5, 0.6) is 0 Å². The molecule has 0 spiro atoms. The van der Waals surface area contributed by atoms with Gasteiger partial charge in [-0.15, -0.1) is 0 Å². The van der Waals surface area contributed by atoms with E-state index in [-0.39, 0.29) is 16.6 Å². The molecule has 2 N–H and O–H groups in total. The number of aliphatic imine (C=N–C) groups is 1. The molecule has 0 bridgehead atoms. The van der Waals surface area contributed by atoms with Crippen LogP contribution in [0.3, 0.4) is 0 Å². The van der Waals surface area contributed by atoms with Gasteiger partial charge in [-0.2, -0.15) is 0 Å². The maximum Gasteiger partial charge on any atom is 0.263 e. The van der Waals surface area contributed by atoms with Crippen molar-refractivity contribution >= 4 is 21.8 Å². The summed E-state index contributed by atoms with van der Waals surface area (Å²) in [7, 11) is -0.0244. The highest BCUT2D eigenvalue weighted by molar-refractivity contribution is 7.90. The number of amidine groups is 1. The molecule has 1 aromatic carbocycles. The summed E-state index contributed by atoms with van der Waals surface area (Å²) in [5.74, 6) is 0.159. The molecule has 2 rings (SSSR count). The van der Waals surface area contributed by atoms with Gasteiger partial charge < -0.3 is 10.2 Å². The average Bonchev–Trinajstić information content (AvgIpc) is 2.86. The molecule has 1 heterocycles. The van der Waals surface area contributed by atoms with Crippen molar-refractivity contribution in [3.63, 3.8) is 0 Å². The van der Waals surface area contributed by atoms with Crippen molar-refractivity contribution in [2.24, 2.45) is 4.99 Å². The van der Waals surface area contributed by atoms with Crippen molar-refractivity contribution in [2.75, 3.05) is 27.2 Å². The summed E-state index contributed by atoms with van der Waals surface area (Å²) in [5.41, 5.74) is 0.523. The maximum absolute atomic E-state index is 12.7. The molecule has 25 heavy (non-hydrogen) atoms. The fraction of sp³-hybridized carbons (Fsp3) is 0.529. The fourth-order valence-electron chi connectivity index (χ4n) is 2.67. The molecule has 1 aromatic rings. The molecule has 1 aliphatic heterocycles. The summed E-state index contributed by atoms with van der Waals surface area (Å²) in [6.07, 6.45) is 2.38. The Balaban J connectivity index is 2.30. The molecule has 1 atom stereocenters. The Kier molecular flexibility index (Phi) is 6.55. The van der Waals surface area contributed by atoms with Gasteiger partial charge in [0.25, 0.3) is 10.0 Å². The third kappa shape index (κ3) is 4.58. The normalized spacial score (nSPS) is 17.8. The first-order chi connectivity index (χ1) is 11.9. The molecule has 1 unspecified atom stereocenters. The van der Waals surface area contributed by atoms with E-state index >= 15 is 0 Å². The van der Waals surface area contributed by atoms with E-state index in [1.807, 2.05) is 14.0 Å². The van der Waals surface area contributed by atoms with E-state index in [1.165, 1.54) is 0 Å². The molecule has 138 valence electrons. The Labute approximate surface area is 149 Å². The van der Waals surface area contributed by atoms with E-state index in [2.05, 4.69) is 15.0 Å². The van der Waals surface area contributed by atoms with Crippen molar-refractivity contribution in [1.82, 2.24) is 14.9 Å². The number of hydrogen-bond donors (Lipinski definition) is 2. The van der Waals surface area contributed by atoms with Crippen molar-refractivity contribution in [2.45, 2.75) is 37.1 Å². The Morgan fingerprint density at radius 2 is 2.08 bits per heavy atom. The highest BCUT2D eigenvalue weighted by atomic mass is 32.2. The first-order valence-electron chi connectivity index (χ1n) is 8.50. The van der Waals surface area contributed by atoms with Gasteiger partial charge in [0.2, 0.25) is 5.91 Å². The second-order valence-corrected chi connectivity index (χ2v) is 7.75. The van der Waals surface area contributed by atoms with Crippen LogP contribution in [0.4, 0.5) is 0 Å². The lowest BCUT2D eigenvalue weighted by Gasteiger charge is -2.22. The van der Waals surface area contributed by atoms with Gasteiger partial charge in [-0.3, -0.25) is 14.5 Å². The molecule has 7 nitrogen and oxygen atoms in total. The van der Waals surface area contributed by atoms with Crippen LogP contribution >= 0.6 is 0 Å². The minimum Gasteiger partial charge on any atom is -0.343 e. The third-order valence-electron chi connectivity index (χ3n) is 4.14. The minimum absolute atomic E-state index is 0.0974. The van der Waals surface area contributed by atoms with Crippen LogP contribution in [-0.4, -0.2) is 58.3 Å². The van der Waals surface area contributed by atoms with Crippen LogP contribution in [0.25, 0.3) is 0 Å². The zero-order valence-corrected chi connectivity index (χ0v) is 15.8.